The first-order chi connectivity index (χ1) is 12.5. The Bertz CT molecular complexity index is 934. The number of hydrogen-bond acceptors (Lipinski definition) is 8. The summed E-state index contributed by atoms with van der Waals surface area (Å²) in [7, 11) is 1.58. The lowest BCUT2D eigenvalue weighted by atomic mass is 10.1. The predicted octanol–water partition coefficient (Wildman–Crippen LogP) is 2.19. The van der Waals surface area contributed by atoms with Gasteiger partial charge in [0.05, 0.1) is 6.54 Å². The minimum Gasteiger partial charge on any atom is -0.492 e. The maximum Gasteiger partial charge on any atom is 0.336 e. The average Bonchev–Trinajstić information content (AvgIpc) is 3.05. The Labute approximate surface area is 150 Å². The van der Waals surface area contributed by atoms with Gasteiger partial charge in [-0.15, -0.1) is 0 Å². The van der Waals surface area contributed by atoms with Crippen LogP contribution in [0.3, 0.4) is 0 Å². The molecule has 0 radical (unpaired) electrons. The number of fused-ring (bicyclic) bond motifs is 1. The van der Waals surface area contributed by atoms with Crippen LogP contribution in [0.15, 0.2) is 38.0 Å². The van der Waals surface area contributed by atoms with E-state index in [-0.39, 0.29) is 11.7 Å². The number of ether oxygens (including phenoxy) is 2. The molecule has 0 saturated heterocycles. The summed E-state index contributed by atoms with van der Waals surface area (Å²) in [6, 6.07) is 7.00. The molecule has 0 bridgehead atoms. The van der Waals surface area contributed by atoms with Crippen LogP contribution in [0.1, 0.15) is 24.2 Å². The van der Waals surface area contributed by atoms with E-state index < -0.39 is 0 Å². The van der Waals surface area contributed by atoms with E-state index in [9.17, 15) is 4.79 Å². The number of hydrogen-bond donors (Lipinski definition) is 1. The van der Waals surface area contributed by atoms with Gasteiger partial charge in [-0.1, -0.05) is 5.16 Å². The van der Waals surface area contributed by atoms with Crippen molar-refractivity contribution in [3.63, 3.8) is 0 Å². The molecule has 8 nitrogen and oxygen atoms in total. The van der Waals surface area contributed by atoms with Gasteiger partial charge in [-0.05, 0) is 31.5 Å². The van der Waals surface area contributed by atoms with Gasteiger partial charge in [-0.3, -0.25) is 0 Å². The SMILES string of the molecule is COCc1noc(CNC(C)COc2ccc3c(C)cc(=O)oc3c2)n1. The molecule has 3 aromatic rings. The van der Waals surface area contributed by atoms with E-state index >= 15 is 0 Å². The summed E-state index contributed by atoms with van der Waals surface area (Å²) >= 11 is 0. The first-order valence-corrected chi connectivity index (χ1v) is 8.26. The number of nitrogens with one attached hydrogen (secondary N) is 1. The zero-order valence-corrected chi connectivity index (χ0v) is 14.9. The highest BCUT2D eigenvalue weighted by atomic mass is 16.5. The summed E-state index contributed by atoms with van der Waals surface area (Å²) in [5, 5.41) is 7.94. The standard InChI is InChI=1S/C18H21N3O5/c1-11-6-18(22)25-15-7-13(4-5-14(11)15)24-9-12(2)19-8-17-20-16(10-23-3)21-26-17/h4-7,12,19H,8-10H2,1-3H3. The quantitative estimate of drug-likeness (QED) is 0.611. The van der Waals surface area contributed by atoms with E-state index in [2.05, 4.69) is 15.5 Å². The monoisotopic (exact) mass is 359 g/mol. The second kappa shape index (κ2) is 8.11. The molecular formula is C18H21N3O5. The fourth-order valence-corrected chi connectivity index (χ4v) is 2.49. The molecule has 138 valence electrons. The highest BCUT2D eigenvalue weighted by Crippen LogP contribution is 2.22. The molecule has 26 heavy (non-hydrogen) atoms. The van der Waals surface area contributed by atoms with Gasteiger partial charge in [-0.25, -0.2) is 4.79 Å². The Balaban J connectivity index is 1.54. The highest BCUT2D eigenvalue weighted by Gasteiger charge is 2.09. The molecule has 0 saturated carbocycles. The van der Waals surface area contributed by atoms with Gasteiger partial charge < -0.3 is 23.7 Å². The van der Waals surface area contributed by atoms with Crippen molar-refractivity contribution in [2.24, 2.45) is 0 Å². The molecule has 1 atom stereocenters. The van der Waals surface area contributed by atoms with Crippen LogP contribution in [-0.4, -0.2) is 29.9 Å². The maximum absolute atomic E-state index is 11.5. The van der Waals surface area contributed by atoms with Gasteiger partial charge in [0.1, 0.15) is 24.5 Å². The summed E-state index contributed by atoms with van der Waals surface area (Å²) in [5.74, 6) is 1.65. The van der Waals surface area contributed by atoms with Crippen LogP contribution in [0.5, 0.6) is 5.75 Å². The molecular weight excluding hydrogens is 338 g/mol. The minimum absolute atomic E-state index is 0.0491. The largest absolute Gasteiger partial charge is 0.492 e. The molecule has 0 aliphatic carbocycles. The molecule has 1 N–H and O–H groups in total. The maximum atomic E-state index is 11.5. The molecule has 3 rings (SSSR count). The van der Waals surface area contributed by atoms with Crippen LogP contribution in [-0.2, 0) is 17.9 Å². The van der Waals surface area contributed by atoms with E-state index in [1.807, 2.05) is 26.0 Å². The second-order valence-electron chi connectivity index (χ2n) is 6.04. The van der Waals surface area contributed by atoms with Gasteiger partial charge in [0.15, 0.2) is 5.82 Å². The average molecular weight is 359 g/mol. The molecule has 0 fully saturated rings. The number of methoxy groups -OCH3 is 1. The van der Waals surface area contributed by atoms with E-state index in [1.54, 1.807) is 13.2 Å². The van der Waals surface area contributed by atoms with Crippen molar-refractivity contribution in [3.8, 4) is 5.75 Å². The second-order valence-corrected chi connectivity index (χ2v) is 6.04. The van der Waals surface area contributed by atoms with Crippen molar-refractivity contribution in [1.29, 1.82) is 0 Å². The fourth-order valence-electron chi connectivity index (χ4n) is 2.49. The number of rotatable bonds is 8. The van der Waals surface area contributed by atoms with E-state index in [0.29, 0.717) is 42.8 Å². The molecule has 2 aromatic heterocycles. The zero-order chi connectivity index (χ0) is 18.5. The molecule has 1 aromatic carbocycles. The lowest BCUT2D eigenvalue weighted by Crippen LogP contribution is -2.31. The smallest absolute Gasteiger partial charge is 0.336 e. The molecule has 0 aliphatic heterocycles. The Morgan fingerprint density at radius 3 is 2.96 bits per heavy atom. The summed E-state index contributed by atoms with van der Waals surface area (Å²) in [5.41, 5.74) is 1.03. The first kappa shape index (κ1) is 18.1. The number of benzene rings is 1. The van der Waals surface area contributed by atoms with Gasteiger partial charge in [0.2, 0.25) is 5.89 Å². The Kier molecular flexibility index (Phi) is 5.65. The summed E-state index contributed by atoms with van der Waals surface area (Å²) in [6.45, 7) is 5.05. The van der Waals surface area contributed by atoms with E-state index in [0.717, 1.165) is 10.9 Å². The van der Waals surface area contributed by atoms with E-state index in [4.69, 9.17) is 18.4 Å². The molecule has 0 spiro atoms. The van der Waals surface area contributed by atoms with Gasteiger partial charge >= 0.3 is 5.63 Å². The summed E-state index contributed by atoms with van der Waals surface area (Å²) < 4.78 is 21.1. The van der Waals surface area contributed by atoms with Gasteiger partial charge in [0, 0.05) is 30.7 Å². The molecule has 0 aliphatic rings. The lowest BCUT2D eigenvalue weighted by molar-refractivity contribution is 0.174. The van der Waals surface area contributed by atoms with Crippen LogP contribution < -0.4 is 15.7 Å². The lowest BCUT2D eigenvalue weighted by Gasteiger charge is -2.14. The third-order valence-corrected chi connectivity index (χ3v) is 3.81. The third-order valence-electron chi connectivity index (χ3n) is 3.81. The van der Waals surface area contributed by atoms with Crippen molar-refractivity contribution < 1.29 is 18.4 Å². The van der Waals surface area contributed by atoms with Crippen molar-refractivity contribution in [2.75, 3.05) is 13.7 Å². The Morgan fingerprint density at radius 2 is 2.15 bits per heavy atom. The zero-order valence-electron chi connectivity index (χ0n) is 14.9. The molecule has 8 heteroatoms. The van der Waals surface area contributed by atoms with Crippen LogP contribution in [0.4, 0.5) is 0 Å². The Hall–Kier alpha value is -2.71. The predicted molar refractivity (Wildman–Crippen MR) is 94.0 cm³/mol. The van der Waals surface area contributed by atoms with Crippen molar-refractivity contribution in [3.05, 3.63) is 52.0 Å². The van der Waals surface area contributed by atoms with Crippen LogP contribution in [0, 0.1) is 6.92 Å². The molecule has 2 heterocycles. The van der Waals surface area contributed by atoms with Crippen molar-refractivity contribution >= 4 is 11.0 Å². The summed E-state index contributed by atoms with van der Waals surface area (Å²) in [6.07, 6.45) is 0. The number of aryl methyl sites for hydroxylation is 1. The van der Waals surface area contributed by atoms with Crippen molar-refractivity contribution in [1.82, 2.24) is 15.5 Å². The van der Waals surface area contributed by atoms with Crippen LogP contribution >= 0.6 is 0 Å². The van der Waals surface area contributed by atoms with Crippen LogP contribution in [0.25, 0.3) is 11.0 Å². The third kappa shape index (κ3) is 4.47. The summed E-state index contributed by atoms with van der Waals surface area (Å²) in [4.78, 5) is 15.7. The Morgan fingerprint density at radius 1 is 1.31 bits per heavy atom. The number of aromatic nitrogens is 2. The normalized spacial score (nSPS) is 12.4. The molecule has 1 unspecified atom stereocenters. The van der Waals surface area contributed by atoms with Gasteiger partial charge in [-0.2, -0.15) is 4.98 Å². The first-order valence-electron chi connectivity index (χ1n) is 8.26. The van der Waals surface area contributed by atoms with Crippen LogP contribution in [0.2, 0.25) is 0 Å². The number of nitrogens with zero attached hydrogens (tertiary/aromatic N) is 2. The van der Waals surface area contributed by atoms with Gasteiger partial charge in [0.25, 0.3) is 0 Å². The molecule has 0 amide bonds. The minimum atomic E-state index is -0.366. The van der Waals surface area contributed by atoms with E-state index in [1.165, 1.54) is 6.07 Å². The fraction of sp³-hybridized carbons (Fsp3) is 0.389. The highest BCUT2D eigenvalue weighted by molar-refractivity contribution is 5.81. The topological polar surface area (TPSA) is 99.6 Å². The van der Waals surface area contributed by atoms with Crippen molar-refractivity contribution in [2.45, 2.75) is 33.0 Å².